The van der Waals surface area contributed by atoms with Crippen LogP contribution in [0.25, 0.3) is 10.2 Å². The first-order valence-corrected chi connectivity index (χ1v) is 6.65. The third-order valence-electron chi connectivity index (χ3n) is 2.63. The van der Waals surface area contributed by atoms with Crippen molar-refractivity contribution in [3.8, 4) is 0 Å². The Labute approximate surface area is 121 Å². The summed E-state index contributed by atoms with van der Waals surface area (Å²) < 4.78 is 5.84. The molecule has 0 aliphatic rings. The first-order chi connectivity index (χ1) is 10.1. The monoisotopic (exact) mass is 304 g/mol. The lowest BCUT2D eigenvalue weighted by Crippen LogP contribution is -2.17. The fourth-order valence-electron chi connectivity index (χ4n) is 1.70. The van der Waals surface area contributed by atoms with Crippen LogP contribution < -0.4 is 5.43 Å². The summed E-state index contributed by atoms with van der Waals surface area (Å²) in [5.74, 6) is -0.613. The maximum Gasteiger partial charge on any atom is 0.433 e. The molecule has 2 N–H and O–H groups in total. The Bertz CT molecular complexity index is 816. The summed E-state index contributed by atoms with van der Waals surface area (Å²) in [5, 5.41) is 16.0. The number of furan rings is 1. The highest BCUT2D eigenvalue weighted by Crippen LogP contribution is 2.21. The summed E-state index contributed by atoms with van der Waals surface area (Å²) >= 11 is 1.52. The van der Waals surface area contributed by atoms with Gasteiger partial charge in [0.25, 0.3) is 5.91 Å². The fourth-order valence-corrected chi connectivity index (χ4v) is 2.48. The Balaban J connectivity index is 1.66. The number of H-pyrrole nitrogens is 1. The van der Waals surface area contributed by atoms with E-state index in [9.17, 15) is 14.9 Å². The number of nitrogens with one attached hydrogen (secondary N) is 2. The first kappa shape index (κ1) is 13.1. The number of thiophene rings is 1. The van der Waals surface area contributed by atoms with Gasteiger partial charge in [0.15, 0.2) is 5.76 Å². The van der Waals surface area contributed by atoms with Gasteiger partial charge in [0.05, 0.1) is 22.5 Å². The lowest BCUT2D eigenvalue weighted by atomic mass is 10.4. The van der Waals surface area contributed by atoms with Crippen LogP contribution in [0.5, 0.6) is 0 Å². The van der Waals surface area contributed by atoms with E-state index in [0.29, 0.717) is 5.69 Å². The molecule has 3 heterocycles. The van der Waals surface area contributed by atoms with Gasteiger partial charge in [-0.05, 0) is 23.6 Å². The van der Waals surface area contributed by atoms with Crippen LogP contribution in [0, 0.1) is 10.1 Å². The van der Waals surface area contributed by atoms with Crippen LogP contribution in [-0.2, 0) is 0 Å². The van der Waals surface area contributed by atoms with E-state index in [1.54, 1.807) is 6.07 Å². The molecule has 21 heavy (non-hydrogen) atoms. The van der Waals surface area contributed by atoms with Crippen molar-refractivity contribution in [2.75, 3.05) is 0 Å². The zero-order chi connectivity index (χ0) is 14.8. The Morgan fingerprint density at radius 1 is 1.48 bits per heavy atom. The second-order valence-electron chi connectivity index (χ2n) is 4.01. The lowest BCUT2D eigenvalue weighted by Gasteiger charge is -1.94. The number of hydrazone groups is 1. The quantitative estimate of drug-likeness (QED) is 0.438. The van der Waals surface area contributed by atoms with Gasteiger partial charge in [-0.15, -0.1) is 11.3 Å². The minimum atomic E-state index is -0.651. The summed E-state index contributed by atoms with van der Waals surface area (Å²) in [6, 6.07) is 6.20. The van der Waals surface area contributed by atoms with E-state index in [1.807, 2.05) is 11.4 Å². The van der Waals surface area contributed by atoms with Gasteiger partial charge in [0, 0.05) is 0 Å². The molecule has 3 rings (SSSR count). The molecule has 0 atom stereocenters. The average Bonchev–Trinajstić information content (AvgIpc) is 3.13. The minimum Gasteiger partial charge on any atom is -0.400 e. The molecule has 0 fully saturated rings. The zero-order valence-electron chi connectivity index (χ0n) is 10.4. The van der Waals surface area contributed by atoms with Crippen molar-refractivity contribution in [1.29, 1.82) is 0 Å². The average molecular weight is 304 g/mol. The van der Waals surface area contributed by atoms with Crippen molar-refractivity contribution in [2.45, 2.75) is 0 Å². The number of rotatable bonds is 4. The predicted molar refractivity (Wildman–Crippen MR) is 76.6 cm³/mol. The standard InChI is InChI=1S/C12H8N4O4S/c17-12(9-5-10-8(14-9)3-4-21-10)15-13-6-7-1-2-11(20-7)16(18)19/h1-6,14H,(H,15,17). The summed E-state index contributed by atoms with van der Waals surface area (Å²) in [6.07, 6.45) is 1.19. The number of hydrogen-bond donors (Lipinski definition) is 2. The van der Waals surface area contributed by atoms with Crippen molar-refractivity contribution < 1.29 is 14.1 Å². The van der Waals surface area contributed by atoms with Crippen molar-refractivity contribution >= 4 is 39.6 Å². The number of carbonyl (C=O) groups is 1. The van der Waals surface area contributed by atoms with Crippen molar-refractivity contribution in [2.24, 2.45) is 5.10 Å². The SMILES string of the molecule is O=C(NN=Cc1ccc([N+](=O)[O-])o1)c1cc2sccc2[nH]1. The molecule has 0 aliphatic carbocycles. The van der Waals surface area contributed by atoms with E-state index in [0.717, 1.165) is 10.2 Å². The molecule has 0 unspecified atom stereocenters. The van der Waals surface area contributed by atoms with E-state index in [-0.39, 0.29) is 11.6 Å². The first-order valence-electron chi connectivity index (χ1n) is 5.77. The summed E-state index contributed by atoms with van der Waals surface area (Å²) in [7, 11) is 0. The normalized spacial score (nSPS) is 11.2. The fraction of sp³-hybridized carbons (Fsp3) is 0. The van der Waals surface area contributed by atoms with Crippen LogP contribution in [-0.4, -0.2) is 22.0 Å². The van der Waals surface area contributed by atoms with E-state index in [2.05, 4.69) is 15.5 Å². The third kappa shape index (κ3) is 2.67. The largest absolute Gasteiger partial charge is 0.433 e. The van der Waals surface area contributed by atoms with E-state index in [4.69, 9.17) is 4.42 Å². The second-order valence-corrected chi connectivity index (χ2v) is 4.96. The minimum absolute atomic E-state index is 0.175. The Kier molecular flexibility index (Phi) is 3.24. The number of aromatic nitrogens is 1. The number of amides is 1. The molecule has 8 nitrogen and oxygen atoms in total. The van der Waals surface area contributed by atoms with Crippen LogP contribution in [0.3, 0.4) is 0 Å². The van der Waals surface area contributed by atoms with Crippen molar-refractivity contribution in [3.63, 3.8) is 0 Å². The van der Waals surface area contributed by atoms with Gasteiger partial charge in [0.2, 0.25) is 0 Å². The maximum absolute atomic E-state index is 11.8. The van der Waals surface area contributed by atoms with Crippen LogP contribution in [0.4, 0.5) is 5.88 Å². The molecule has 0 saturated carbocycles. The molecular formula is C12H8N4O4S. The smallest absolute Gasteiger partial charge is 0.400 e. The van der Waals surface area contributed by atoms with E-state index < -0.39 is 10.8 Å². The molecule has 0 aliphatic heterocycles. The highest BCUT2D eigenvalue weighted by atomic mass is 32.1. The molecule has 0 saturated heterocycles. The van der Waals surface area contributed by atoms with Crippen LogP contribution in [0.15, 0.2) is 39.2 Å². The van der Waals surface area contributed by atoms with E-state index >= 15 is 0 Å². The van der Waals surface area contributed by atoms with Crippen LogP contribution >= 0.6 is 11.3 Å². The van der Waals surface area contributed by atoms with Gasteiger partial charge in [0.1, 0.15) is 10.6 Å². The Morgan fingerprint density at radius 3 is 3.05 bits per heavy atom. The number of aromatic amines is 1. The number of fused-ring (bicyclic) bond motifs is 1. The van der Waals surface area contributed by atoms with Gasteiger partial charge >= 0.3 is 5.88 Å². The van der Waals surface area contributed by atoms with Crippen LogP contribution in [0.2, 0.25) is 0 Å². The van der Waals surface area contributed by atoms with Crippen molar-refractivity contribution in [1.82, 2.24) is 10.4 Å². The predicted octanol–water partition coefficient (Wildman–Crippen LogP) is 2.49. The molecule has 0 spiro atoms. The Morgan fingerprint density at radius 2 is 2.33 bits per heavy atom. The molecule has 3 aromatic heterocycles. The van der Waals surface area contributed by atoms with Gasteiger partial charge in [-0.2, -0.15) is 5.10 Å². The third-order valence-corrected chi connectivity index (χ3v) is 3.50. The summed E-state index contributed by atoms with van der Waals surface area (Å²) in [4.78, 5) is 24.6. The summed E-state index contributed by atoms with van der Waals surface area (Å²) in [5.41, 5.74) is 3.58. The van der Waals surface area contributed by atoms with Gasteiger partial charge in [-0.25, -0.2) is 5.43 Å². The molecule has 0 aromatic carbocycles. The molecule has 1 amide bonds. The molecule has 3 aromatic rings. The lowest BCUT2D eigenvalue weighted by molar-refractivity contribution is -0.402. The molecule has 9 heteroatoms. The van der Waals surface area contributed by atoms with Crippen LogP contribution in [0.1, 0.15) is 16.2 Å². The van der Waals surface area contributed by atoms with Gasteiger partial charge < -0.3 is 9.40 Å². The summed E-state index contributed by atoms with van der Waals surface area (Å²) in [6.45, 7) is 0. The zero-order valence-corrected chi connectivity index (χ0v) is 11.2. The van der Waals surface area contributed by atoms with E-state index in [1.165, 1.54) is 29.7 Å². The number of nitro groups is 1. The molecule has 0 radical (unpaired) electrons. The number of nitrogens with zero attached hydrogens (tertiary/aromatic N) is 2. The second kappa shape index (κ2) is 5.21. The van der Waals surface area contributed by atoms with Gasteiger partial charge in [-0.1, -0.05) is 0 Å². The number of carbonyl (C=O) groups excluding carboxylic acids is 1. The topological polar surface area (TPSA) is 114 Å². The molecular weight excluding hydrogens is 296 g/mol. The van der Waals surface area contributed by atoms with Gasteiger partial charge in [-0.3, -0.25) is 14.9 Å². The molecule has 0 bridgehead atoms. The molecule has 106 valence electrons. The van der Waals surface area contributed by atoms with Crippen molar-refractivity contribution in [3.05, 3.63) is 51.2 Å². The highest BCUT2D eigenvalue weighted by molar-refractivity contribution is 7.17. The maximum atomic E-state index is 11.8. The highest BCUT2D eigenvalue weighted by Gasteiger charge is 2.11. The Hall–Kier alpha value is -2.94. The number of hydrogen-bond acceptors (Lipinski definition) is 6.